The number of nitrogens with one attached hydrogen (secondary N) is 3. The van der Waals surface area contributed by atoms with Gasteiger partial charge in [0, 0.05) is 30.9 Å². The molecule has 2 aromatic heterocycles. The predicted molar refractivity (Wildman–Crippen MR) is 109 cm³/mol. The second kappa shape index (κ2) is 8.83. The van der Waals surface area contributed by atoms with E-state index >= 15 is 0 Å². The van der Waals surface area contributed by atoms with Crippen LogP contribution in [0, 0.1) is 5.82 Å². The molecule has 3 heterocycles. The van der Waals surface area contributed by atoms with Gasteiger partial charge >= 0.3 is 0 Å². The Morgan fingerprint density at radius 1 is 1.28 bits per heavy atom. The van der Waals surface area contributed by atoms with Crippen molar-refractivity contribution < 1.29 is 9.18 Å². The van der Waals surface area contributed by atoms with E-state index in [1.165, 1.54) is 12.1 Å². The zero-order valence-corrected chi connectivity index (χ0v) is 15.9. The lowest BCUT2D eigenvalue weighted by atomic mass is 10.1. The van der Waals surface area contributed by atoms with Crippen molar-refractivity contribution in [1.82, 2.24) is 25.5 Å². The van der Waals surface area contributed by atoms with E-state index in [2.05, 4.69) is 26.1 Å². The maximum atomic E-state index is 13.2. The summed E-state index contributed by atoms with van der Waals surface area (Å²) in [7, 11) is 0. The molecular weight excluding hydrogens is 371 g/mol. The molecule has 29 heavy (non-hydrogen) atoms. The van der Waals surface area contributed by atoms with Crippen LogP contribution in [0.1, 0.15) is 22.3 Å². The molecule has 0 bridgehead atoms. The fraction of sp³-hybridized carbons (Fsp3) is 0.286. The zero-order valence-electron chi connectivity index (χ0n) is 15.9. The second-order valence-corrected chi connectivity index (χ2v) is 7.04. The Labute approximate surface area is 168 Å². The summed E-state index contributed by atoms with van der Waals surface area (Å²) in [6, 6.07) is 10.5. The van der Waals surface area contributed by atoms with E-state index in [0.29, 0.717) is 31.1 Å². The Kier molecular flexibility index (Phi) is 5.81. The van der Waals surface area contributed by atoms with Crippen LogP contribution in [0.4, 0.5) is 4.39 Å². The number of carbonyl (C=O) groups excluding carboxylic acids is 1. The Morgan fingerprint density at radius 2 is 2.17 bits per heavy atom. The van der Waals surface area contributed by atoms with Gasteiger partial charge in [-0.05, 0) is 49.2 Å². The lowest BCUT2D eigenvalue weighted by Gasteiger charge is -2.27. The summed E-state index contributed by atoms with van der Waals surface area (Å²) in [4.78, 5) is 18.2. The monoisotopic (exact) mass is 394 g/mol. The van der Waals surface area contributed by atoms with Gasteiger partial charge in [-0.2, -0.15) is 9.89 Å². The van der Waals surface area contributed by atoms with Crippen LogP contribution >= 0.6 is 0 Å². The van der Waals surface area contributed by atoms with E-state index in [1.807, 2.05) is 18.3 Å². The van der Waals surface area contributed by atoms with Gasteiger partial charge < -0.3 is 16.1 Å². The molecule has 4 rings (SSSR count). The van der Waals surface area contributed by atoms with E-state index in [-0.39, 0.29) is 11.7 Å². The minimum absolute atomic E-state index is 0.118. The highest BCUT2D eigenvalue weighted by Crippen LogP contribution is 2.16. The molecule has 1 atom stereocenters. The second-order valence-electron chi connectivity index (χ2n) is 7.04. The summed E-state index contributed by atoms with van der Waals surface area (Å²) < 4.78 is 13.2. The highest BCUT2D eigenvalue weighted by atomic mass is 19.1. The largest absolute Gasteiger partial charge is 0.350 e. The van der Waals surface area contributed by atoms with Crippen LogP contribution in [-0.2, 0) is 6.42 Å². The SMILES string of the molecule is O=C(NC[C@H]1CCN1)c1ccc(-c2cnn(NCCc3cccc(F)c3)c2)nc1. The van der Waals surface area contributed by atoms with Crippen LogP contribution < -0.4 is 16.1 Å². The number of hydrogen-bond acceptors (Lipinski definition) is 5. The van der Waals surface area contributed by atoms with E-state index in [4.69, 9.17) is 0 Å². The van der Waals surface area contributed by atoms with Crippen molar-refractivity contribution in [2.24, 2.45) is 0 Å². The molecule has 1 amide bonds. The highest BCUT2D eigenvalue weighted by Gasteiger charge is 2.17. The molecule has 7 nitrogen and oxygen atoms in total. The molecule has 8 heteroatoms. The summed E-state index contributed by atoms with van der Waals surface area (Å²) in [5.41, 5.74) is 6.19. The van der Waals surface area contributed by atoms with Crippen molar-refractivity contribution in [2.75, 3.05) is 25.1 Å². The summed E-state index contributed by atoms with van der Waals surface area (Å²) in [5, 5.41) is 10.4. The molecule has 3 N–H and O–H groups in total. The number of aromatic nitrogens is 3. The Balaban J connectivity index is 1.29. The first-order valence-electron chi connectivity index (χ1n) is 9.68. The van der Waals surface area contributed by atoms with Crippen molar-refractivity contribution >= 4 is 5.91 Å². The minimum atomic E-state index is -0.230. The molecule has 0 saturated carbocycles. The van der Waals surface area contributed by atoms with Gasteiger partial charge in [0.15, 0.2) is 0 Å². The fourth-order valence-corrected chi connectivity index (χ4v) is 3.09. The van der Waals surface area contributed by atoms with Gasteiger partial charge in [0.25, 0.3) is 5.91 Å². The van der Waals surface area contributed by atoms with Crippen LogP contribution in [-0.4, -0.2) is 46.5 Å². The molecule has 0 unspecified atom stereocenters. The molecule has 0 aliphatic carbocycles. The number of benzene rings is 1. The Hall–Kier alpha value is -3.26. The van der Waals surface area contributed by atoms with Crippen LogP contribution in [0.25, 0.3) is 11.3 Å². The molecule has 3 aromatic rings. The summed E-state index contributed by atoms with van der Waals surface area (Å²) in [6.45, 7) is 2.27. The third-order valence-corrected chi connectivity index (χ3v) is 4.92. The molecule has 1 aliphatic rings. The molecule has 1 aromatic carbocycles. The zero-order chi connectivity index (χ0) is 20.1. The topological polar surface area (TPSA) is 83.9 Å². The fourth-order valence-electron chi connectivity index (χ4n) is 3.09. The average Bonchev–Trinajstić information content (AvgIpc) is 3.16. The Morgan fingerprint density at radius 3 is 2.90 bits per heavy atom. The van der Waals surface area contributed by atoms with E-state index < -0.39 is 0 Å². The smallest absolute Gasteiger partial charge is 0.252 e. The molecule has 0 radical (unpaired) electrons. The molecule has 1 aliphatic heterocycles. The molecular formula is C21H23FN6O. The van der Waals surface area contributed by atoms with Gasteiger partial charge in [-0.3, -0.25) is 9.78 Å². The number of pyridine rings is 1. The molecule has 1 saturated heterocycles. The number of halogens is 1. The minimum Gasteiger partial charge on any atom is -0.350 e. The molecule has 0 spiro atoms. The normalized spacial score (nSPS) is 15.6. The van der Waals surface area contributed by atoms with Crippen LogP contribution in [0.15, 0.2) is 55.0 Å². The summed E-state index contributed by atoms with van der Waals surface area (Å²) in [5.74, 6) is -0.348. The third-order valence-electron chi connectivity index (χ3n) is 4.92. The van der Waals surface area contributed by atoms with Crippen LogP contribution in [0.5, 0.6) is 0 Å². The van der Waals surface area contributed by atoms with Gasteiger partial charge in [0.1, 0.15) is 5.82 Å². The first kappa shape index (κ1) is 19.1. The number of nitrogens with zero attached hydrogens (tertiary/aromatic N) is 3. The summed E-state index contributed by atoms with van der Waals surface area (Å²) >= 11 is 0. The lowest BCUT2D eigenvalue weighted by molar-refractivity contribution is 0.0945. The first-order chi connectivity index (χ1) is 14.2. The van der Waals surface area contributed by atoms with Gasteiger partial charge in [0.05, 0.1) is 23.7 Å². The van der Waals surface area contributed by atoms with Crippen molar-refractivity contribution in [2.45, 2.75) is 18.9 Å². The van der Waals surface area contributed by atoms with Gasteiger partial charge in [-0.15, -0.1) is 0 Å². The first-order valence-corrected chi connectivity index (χ1v) is 9.68. The van der Waals surface area contributed by atoms with Crippen molar-refractivity contribution in [3.63, 3.8) is 0 Å². The molecule has 1 fully saturated rings. The van der Waals surface area contributed by atoms with Crippen LogP contribution in [0.3, 0.4) is 0 Å². The maximum Gasteiger partial charge on any atom is 0.252 e. The number of hydrogen-bond donors (Lipinski definition) is 3. The third kappa shape index (κ3) is 4.97. The van der Waals surface area contributed by atoms with E-state index in [0.717, 1.165) is 29.8 Å². The van der Waals surface area contributed by atoms with Crippen LogP contribution in [0.2, 0.25) is 0 Å². The van der Waals surface area contributed by atoms with E-state index in [1.54, 1.807) is 29.3 Å². The lowest BCUT2D eigenvalue weighted by Crippen LogP contribution is -2.50. The summed E-state index contributed by atoms with van der Waals surface area (Å²) in [6.07, 6.45) is 6.89. The predicted octanol–water partition coefficient (Wildman–Crippen LogP) is 1.96. The maximum absolute atomic E-state index is 13.2. The Bertz CT molecular complexity index is 967. The van der Waals surface area contributed by atoms with Crippen molar-refractivity contribution in [3.05, 3.63) is 71.9 Å². The van der Waals surface area contributed by atoms with Crippen molar-refractivity contribution in [3.8, 4) is 11.3 Å². The van der Waals surface area contributed by atoms with Gasteiger partial charge in [-0.1, -0.05) is 12.1 Å². The van der Waals surface area contributed by atoms with Crippen molar-refractivity contribution in [1.29, 1.82) is 0 Å². The average molecular weight is 394 g/mol. The standard InChI is InChI=1S/C21H23FN6O/c22-18-3-1-2-15(10-18)6-9-26-28-14-17(12-27-28)20-5-4-16(11-24-20)21(29)25-13-19-7-8-23-19/h1-5,10-12,14,19,23,26H,6-9,13H2,(H,25,29)/t19-/m1/s1. The highest BCUT2D eigenvalue weighted by molar-refractivity contribution is 5.94. The quantitative estimate of drug-likeness (QED) is 0.544. The van der Waals surface area contributed by atoms with E-state index in [9.17, 15) is 9.18 Å². The molecule has 150 valence electrons. The number of amides is 1. The number of rotatable bonds is 8. The van der Waals surface area contributed by atoms with Gasteiger partial charge in [0.2, 0.25) is 0 Å². The number of carbonyl (C=O) groups is 1. The van der Waals surface area contributed by atoms with Gasteiger partial charge in [-0.25, -0.2) is 4.39 Å².